The van der Waals surface area contributed by atoms with Gasteiger partial charge in [0.25, 0.3) is 0 Å². The fourth-order valence-electron chi connectivity index (χ4n) is 2.99. The molecule has 4 nitrogen and oxygen atoms in total. The van der Waals surface area contributed by atoms with Crippen molar-refractivity contribution in [1.29, 1.82) is 0 Å². The molecule has 1 aromatic rings. The second-order valence-electron chi connectivity index (χ2n) is 5.69. The zero-order valence-electron chi connectivity index (χ0n) is 12.5. The fraction of sp³-hybridized carbons (Fsp3) is 0.625. The van der Waals surface area contributed by atoms with Crippen molar-refractivity contribution in [1.82, 2.24) is 10.2 Å². The lowest BCUT2D eigenvalue weighted by atomic mass is 10.0. The third-order valence-electron chi connectivity index (χ3n) is 4.23. The Hall–Kier alpha value is -1.26. The van der Waals surface area contributed by atoms with Gasteiger partial charge < -0.3 is 15.5 Å². The SMILES string of the molecule is CCN(CC1CCCCN1)C(C)c1cc(O)cc(O)c1. The van der Waals surface area contributed by atoms with Crippen molar-refractivity contribution in [2.24, 2.45) is 0 Å². The van der Waals surface area contributed by atoms with Gasteiger partial charge in [-0.25, -0.2) is 0 Å². The molecule has 1 aliphatic heterocycles. The Morgan fingerprint density at radius 3 is 2.50 bits per heavy atom. The molecule has 1 fully saturated rings. The normalized spacial score (nSPS) is 21.1. The van der Waals surface area contributed by atoms with Crippen LogP contribution in [0, 0.1) is 0 Å². The van der Waals surface area contributed by atoms with E-state index in [9.17, 15) is 10.2 Å². The van der Waals surface area contributed by atoms with Gasteiger partial charge in [-0.3, -0.25) is 4.90 Å². The second kappa shape index (κ2) is 6.95. The Morgan fingerprint density at radius 1 is 1.25 bits per heavy atom. The van der Waals surface area contributed by atoms with Gasteiger partial charge in [0.05, 0.1) is 0 Å². The maximum atomic E-state index is 9.63. The molecule has 1 aliphatic rings. The van der Waals surface area contributed by atoms with Crippen LogP contribution >= 0.6 is 0 Å². The van der Waals surface area contributed by atoms with Gasteiger partial charge in [0.2, 0.25) is 0 Å². The van der Waals surface area contributed by atoms with E-state index in [1.165, 1.54) is 25.3 Å². The summed E-state index contributed by atoms with van der Waals surface area (Å²) in [7, 11) is 0. The summed E-state index contributed by atoms with van der Waals surface area (Å²) in [5.41, 5.74) is 0.958. The molecule has 0 saturated carbocycles. The minimum atomic E-state index is 0.124. The quantitative estimate of drug-likeness (QED) is 0.775. The first-order valence-corrected chi connectivity index (χ1v) is 7.60. The molecule has 0 spiro atoms. The molecule has 1 heterocycles. The maximum absolute atomic E-state index is 9.63. The average Bonchev–Trinajstić information content (AvgIpc) is 2.44. The number of benzene rings is 1. The third kappa shape index (κ3) is 3.87. The minimum Gasteiger partial charge on any atom is -0.508 e. The monoisotopic (exact) mass is 278 g/mol. The number of hydrogen-bond acceptors (Lipinski definition) is 4. The van der Waals surface area contributed by atoms with Gasteiger partial charge in [0, 0.05) is 24.7 Å². The number of nitrogens with one attached hydrogen (secondary N) is 1. The summed E-state index contributed by atoms with van der Waals surface area (Å²) in [4.78, 5) is 2.39. The highest BCUT2D eigenvalue weighted by Crippen LogP contribution is 2.28. The Bertz CT molecular complexity index is 410. The van der Waals surface area contributed by atoms with E-state index in [2.05, 4.69) is 24.1 Å². The van der Waals surface area contributed by atoms with Crippen LogP contribution in [-0.2, 0) is 0 Å². The molecule has 0 aliphatic carbocycles. The first-order valence-electron chi connectivity index (χ1n) is 7.60. The van der Waals surface area contributed by atoms with Gasteiger partial charge >= 0.3 is 0 Å². The van der Waals surface area contributed by atoms with Gasteiger partial charge in [0.1, 0.15) is 11.5 Å². The molecule has 2 rings (SSSR count). The van der Waals surface area contributed by atoms with E-state index in [1.54, 1.807) is 12.1 Å². The van der Waals surface area contributed by atoms with Gasteiger partial charge in [-0.15, -0.1) is 0 Å². The summed E-state index contributed by atoms with van der Waals surface area (Å²) in [5, 5.41) is 22.8. The molecule has 0 bridgehead atoms. The summed E-state index contributed by atoms with van der Waals surface area (Å²) >= 11 is 0. The van der Waals surface area contributed by atoms with Gasteiger partial charge in [0.15, 0.2) is 0 Å². The highest BCUT2D eigenvalue weighted by Gasteiger charge is 2.21. The third-order valence-corrected chi connectivity index (χ3v) is 4.23. The number of aromatic hydroxyl groups is 2. The Balaban J connectivity index is 2.05. The van der Waals surface area contributed by atoms with Gasteiger partial charge in [-0.05, 0) is 50.6 Å². The molecule has 0 amide bonds. The zero-order chi connectivity index (χ0) is 14.5. The van der Waals surface area contributed by atoms with Crippen LogP contribution in [0.4, 0.5) is 0 Å². The number of likely N-dealkylation sites (N-methyl/N-ethyl adjacent to an activating group) is 1. The lowest BCUT2D eigenvalue weighted by Crippen LogP contribution is -2.44. The van der Waals surface area contributed by atoms with Crippen molar-refractivity contribution >= 4 is 0 Å². The number of hydrogen-bond donors (Lipinski definition) is 3. The molecule has 1 saturated heterocycles. The van der Waals surface area contributed by atoms with Crippen LogP contribution in [0.15, 0.2) is 18.2 Å². The van der Waals surface area contributed by atoms with Crippen LogP contribution in [0.3, 0.4) is 0 Å². The van der Waals surface area contributed by atoms with Crippen molar-refractivity contribution in [2.45, 2.75) is 45.2 Å². The molecule has 3 N–H and O–H groups in total. The van der Waals surface area contributed by atoms with Crippen molar-refractivity contribution in [2.75, 3.05) is 19.6 Å². The summed E-state index contributed by atoms with van der Waals surface area (Å²) in [5.74, 6) is 0.248. The van der Waals surface area contributed by atoms with E-state index in [0.29, 0.717) is 6.04 Å². The van der Waals surface area contributed by atoms with Crippen LogP contribution < -0.4 is 5.32 Å². The highest BCUT2D eigenvalue weighted by molar-refractivity contribution is 5.38. The Kier molecular flexibility index (Phi) is 5.26. The number of nitrogens with zero attached hydrogens (tertiary/aromatic N) is 1. The standard InChI is InChI=1S/C16H26N2O2/c1-3-18(11-14-6-4-5-7-17-14)12(2)13-8-15(19)10-16(20)9-13/h8-10,12,14,17,19-20H,3-7,11H2,1-2H3. The predicted molar refractivity (Wildman–Crippen MR) is 81.1 cm³/mol. The first kappa shape index (κ1) is 15.1. The summed E-state index contributed by atoms with van der Waals surface area (Å²) in [6, 6.07) is 5.58. The molecule has 112 valence electrons. The van der Waals surface area contributed by atoms with Gasteiger partial charge in [-0.2, -0.15) is 0 Å². The molecule has 0 aromatic heterocycles. The lowest BCUT2D eigenvalue weighted by Gasteiger charge is -2.34. The second-order valence-corrected chi connectivity index (χ2v) is 5.69. The first-order chi connectivity index (χ1) is 9.60. The van der Waals surface area contributed by atoms with Crippen LogP contribution in [0.25, 0.3) is 0 Å². The van der Waals surface area contributed by atoms with Gasteiger partial charge in [-0.1, -0.05) is 13.3 Å². The summed E-state index contributed by atoms with van der Waals surface area (Å²) in [6.45, 7) is 7.36. The molecule has 0 radical (unpaired) electrons. The largest absolute Gasteiger partial charge is 0.508 e. The molecular formula is C16H26N2O2. The lowest BCUT2D eigenvalue weighted by molar-refractivity contribution is 0.184. The van der Waals surface area contributed by atoms with Crippen molar-refractivity contribution < 1.29 is 10.2 Å². The molecular weight excluding hydrogens is 252 g/mol. The highest BCUT2D eigenvalue weighted by atomic mass is 16.3. The summed E-state index contributed by atoms with van der Waals surface area (Å²) in [6.07, 6.45) is 3.81. The topological polar surface area (TPSA) is 55.7 Å². The van der Waals surface area contributed by atoms with Crippen LogP contribution in [0.1, 0.15) is 44.7 Å². The van der Waals surface area contributed by atoms with Crippen molar-refractivity contribution in [3.8, 4) is 11.5 Å². The van der Waals surface area contributed by atoms with E-state index in [0.717, 1.165) is 25.2 Å². The van der Waals surface area contributed by atoms with Crippen molar-refractivity contribution in [3.63, 3.8) is 0 Å². The van der Waals surface area contributed by atoms with Crippen LogP contribution in [-0.4, -0.2) is 40.8 Å². The molecule has 4 heteroatoms. The predicted octanol–water partition coefficient (Wildman–Crippen LogP) is 2.62. The molecule has 1 aromatic carbocycles. The average molecular weight is 278 g/mol. The molecule has 2 unspecified atom stereocenters. The fourth-order valence-corrected chi connectivity index (χ4v) is 2.99. The number of rotatable bonds is 5. The van der Waals surface area contributed by atoms with E-state index in [4.69, 9.17) is 0 Å². The van der Waals surface area contributed by atoms with E-state index >= 15 is 0 Å². The molecule has 2 atom stereocenters. The Morgan fingerprint density at radius 2 is 1.95 bits per heavy atom. The van der Waals surface area contributed by atoms with Crippen molar-refractivity contribution in [3.05, 3.63) is 23.8 Å². The number of phenols is 2. The Labute approximate surface area is 121 Å². The number of phenolic OH excluding ortho intramolecular Hbond substituents is 2. The van der Waals surface area contributed by atoms with E-state index < -0.39 is 0 Å². The molecule has 20 heavy (non-hydrogen) atoms. The van der Waals surface area contributed by atoms with E-state index in [1.807, 2.05) is 0 Å². The van der Waals surface area contributed by atoms with Crippen LogP contribution in [0.5, 0.6) is 11.5 Å². The smallest absolute Gasteiger partial charge is 0.119 e. The minimum absolute atomic E-state index is 0.124. The van der Waals surface area contributed by atoms with Crippen LogP contribution in [0.2, 0.25) is 0 Å². The summed E-state index contributed by atoms with van der Waals surface area (Å²) < 4.78 is 0. The van der Waals surface area contributed by atoms with E-state index in [-0.39, 0.29) is 17.5 Å². The zero-order valence-corrected chi connectivity index (χ0v) is 12.5. The maximum Gasteiger partial charge on any atom is 0.119 e. The number of piperidine rings is 1.